The summed E-state index contributed by atoms with van der Waals surface area (Å²) in [6.07, 6.45) is 0.669. The predicted molar refractivity (Wildman–Crippen MR) is 126 cm³/mol. The maximum atomic E-state index is 6.16. The van der Waals surface area contributed by atoms with Gasteiger partial charge in [0.2, 0.25) is 0 Å². The van der Waals surface area contributed by atoms with Crippen molar-refractivity contribution in [3.63, 3.8) is 0 Å². The first kappa shape index (κ1) is 21.3. The third-order valence-electron chi connectivity index (χ3n) is 5.36. The minimum absolute atomic E-state index is 0.201. The largest absolute Gasteiger partial charge is 0.493 e. The van der Waals surface area contributed by atoms with Crippen molar-refractivity contribution in [3.05, 3.63) is 88.7 Å². The molecule has 0 aliphatic carbocycles. The van der Waals surface area contributed by atoms with E-state index in [-0.39, 0.29) is 6.10 Å². The Morgan fingerprint density at radius 3 is 2.39 bits per heavy atom. The minimum atomic E-state index is -0.201. The van der Waals surface area contributed by atoms with Crippen molar-refractivity contribution in [2.45, 2.75) is 39.8 Å². The van der Waals surface area contributed by atoms with Crippen molar-refractivity contribution in [1.82, 2.24) is 9.55 Å². The van der Waals surface area contributed by atoms with Crippen LogP contribution in [0.25, 0.3) is 11.0 Å². The van der Waals surface area contributed by atoms with E-state index >= 15 is 0 Å². The van der Waals surface area contributed by atoms with E-state index in [1.165, 1.54) is 11.1 Å². The molecule has 1 aromatic heterocycles. The molecule has 4 aromatic rings. The van der Waals surface area contributed by atoms with Gasteiger partial charge in [-0.2, -0.15) is 0 Å². The van der Waals surface area contributed by atoms with Crippen LogP contribution in [0.4, 0.5) is 0 Å². The Labute approximate surface area is 188 Å². The summed E-state index contributed by atoms with van der Waals surface area (Å²) in [6, 6.07) is 21.8. The molecule has 31 heavy (non-hydrogen) atoms. The molecule has 4 rings (SSSR count). The van der Waals surface area contributed by atoms with Gasteiger partial charge in [0.05, 0.1) is 17.6 Å². The molecule has 3 aromatic carbocycles. The molecule has 0 spiro atoms. The van der Waals surface area contributed by atoms with Gasteiger partial charge >= 0.3 is 0 Å². The Morgan fingerprint density at radius 1 is 0.935 bits per heavy atom. The van der Waals surface area contributed by atoms with Gasteiger partial charge in [-0.3, -0.25) is 0 Å². The SMILES string of the molecule is Cc1cccc(C)c1OCCCn1c(C(C)Oc2ccc(Cl)cc2)nc2ccccc21. The first-order chi connectivity index (χ1) is 15.0. The zero-order valence-electron chi connectivity index (χ0n) is 18.1. The fourth-order valence-electron chi connectivity index (χ4n) is 3.83. The Hall–Kier alpha value is -2.98. The van der Waals surface area contributed by atoms with Gasteiger partial charge in [-0.1, -0.05) is 41.9 Å². The molecule has 160 valence electrons. The van der Waals surface area contributed by atoms with Crippen molar-refractivity contribution < 1.29 is 9.47 Å². The second-order valence-corrected chi connectivity index (χ2v) is 8.18. The van der Waals surface area contributed by atoms with Gasteiger partial charge in [0.15, 0.2) is 11.9 Å². The number of halogens is 1. The fraction of sp³-hybridized carbons (Fsp3) is 0.269. The molecule has 0 amide bonds. The molecule has 0 saturated heterocycles. The first-order valence-corrected chi connectivity index (χ1v) is 11.0. The maximum Gasteiger partial charge on any atom is 0.153 e. The fourth-order valence-corrected chi connectivity index (χ4v) is 3.96. The van der Waals surface area contributed by atoms with Crippen LogP contribution >= 0.6 is 11.6 Å². The van der Waals surface area contributed by atoms with E-state index in [9.17, 15) is 0 Å². The molecule has 0 aliphatic rings. The standard InChI is InChI=1S/C26H27ClN2O2/c1-18-8-6-9-19(2)25(18)30-17-7-16-29-24-11-5-4-10-23(24)28-26(29)20(3)31-22-14-12-21(27)13-15-22/h4-6,8-15,20H,7,16-17H2,1-3H3. The smallest absolute Gasteiger partial charge is 0.153 e. The molecule has 0 N–H and O–H groups in total. The molecule has 1 heterocycles. The molecule has 5 heteroatoms. The van der Waals surface area contributed by atoms with Crippen LogP contribution in [0, 0.1) is 13.8 Å². The summed E-state index contributed by atoms with van der Waals surface area (Å²) in [5.41, 5.74) is 4.41. The van der Waals surface area contributed by atoms with E-state index in [0.717, 1.165) is 41.3 Å². The van der Waals surface area contributed by atoms with Crippen molar-refractivity contribution >= 4 is 22.6 Å². The highest BCUT2D eigenvalue weighted by Crippen LogP contribution is 2.27. The van der Waals surface area contributed by atoms with Crippen LogP contribution in [0.2, 0.25) is 5.02 Å². The highest BCUT2D eigenvalue weighted by atomic mass is 35.5. The Kier molecular flexibility index (Phi) is 6.47. The number of nitrogens with zero attached hydrogens (tertiary/aromatic N) is 2. The zero-order chi connectivity index (χ0) is 21.8. The quantitative estimate of drug-likeness (QED) is 0.282. The van der Waals surface area contributed by atoms with E-state index in [4.69, 9.17) is 26.1 Å². The van der Waals surface area contributed by atoms with Crippen LogP contribution in [-0.2, 0) is 6.54 Å². The molecule has 1 atom stereocenters. The number of ether oxygens (including phenoxy) is 2. The summed E-state index contributed by atoms with van der Waals surface area (Å²) in [7, 11) is 0. The lowest BCUT2D eigenvalue weighted by molar-refractivity contribution is 0.210. The van der Waals surface area contributed by atoms with Crippen LogP contribution in [0.1, 0.15) is 36.4 Å². The second-order valence-electron chi connectivity index (χ2n) is 7.75. The second kappa shape index (κ2) is 9.44. The lowest BCUT2D eigenvalue weighted by Gasteiger charge is -2.17. The number of imidazole rings is 1. The van der Waals surface area contributed by atoms with Crippen molar-refractivity contribution in [2.24, 2.45) is 0 Å². The van der Waals surface area contributed by atoms with E-state index in [1.54, 1.807) is 0 Å². The number of hydrogen-bond acceptors (Lipinski definition) is 3. The summed E-state index contributed by atoms with van der Waals surface area (Å²) >= 11 is 5.99. The molecule has 0 radical (unpaired) electrons. The first-order valence-electron chi connectivity index (χ1n) is 10.6. The highest BCUT2D eigenvalue weighted by molar-refractivity contribution is 6.30. The van der Waals surface area contributed by atoms with E-state index in [0.29, 0.717) is 11.6 Å². The summed E-state index contributed by atoms with van der Waals surface area (Å²) in [4.78, 5) is 4.86. The minimum Gasteiger partial charge on any atom is -0.493 e. The molecule has 1 unspecified atom stereocenters. The van der Waals surface area contributed by atoms with Gasteiger partial charge in [0, 0.05) is 11.6 Å². The average molecular weight is 435 g/mol. The Balaban J connectivity index is 1.50. The molecule has 0 fully saturated rings. The number of aromatic nitrogens is 2. The number of para-hydroxylation sites is 3. The molecule has 4 nitrogen and oxygen atoms in total. The molecule has 0 bridgehead atoms. The van der Waals surface area contributed by atoms with Crippen LogP contribution < -0.4 is 9.47 Å². The number of benzene rings is 3. The number of aryl methyl sites for hydroxylation is 3. The monoisotopic (exact) mass is 434 g/mol. The molecular weight excluding hydrogens is 408 g/mol. The van der Waals surface area contributed by atoms with Gasteiger partial charge in [0.1, 0.15) is 11.5 Å². The lowest BCUT2D eigenvalue weighted by Crippen LogP contribution is -2.13. The van der Waals surface area contributed by atoms with Crippen molar-refractivity contribution in [2.75, 3.05) is 6.61 Å². The molecule has 0 saturated carbocycles. The summed E-state index contributed by atoms with van der Waals surface area (Å²) in [5, 5.41) is 0.691. The summed E-state index contributed by atoms with van der Waals surface area (Å²) < 4.78 is 14.5. The normalized spacial score (nSPS) is 12.1. The topological polar surface area (TPSA) is 36.3 Å². The summed E-state index contributed by atoms with van der Waals surface area (Å²) in [6.45, 7) is 7.64. The number of fused-ring (bicyclic) bond motifs is 1. The van der Waals surface area contributed by atoms with Crippen LogP contribution in [-0.4, -0.2) is 16.2 Å². The lowest BCUT2D eigenvalue weighted by atomic mass is 10.1. The summed E-state index contributed by atoms with van der Waals surface area (Å²) in [5.74, 6) is 2.66. The van der Waals surface area contributed by atoms with Gasteiger partial charge in [-0.05, 0) is 74.7 Å². The van der Waals surface area contributed by atoms with Crippen LogP contribution in [0.15, 0.2) is 66.7 Å². The van der Waals surface area contributed by atoms with Gasteiger partial charge in [0.25, 0.3) is 0 Å². The van der Waals surface area contributed by atoms with Gasteiger partial charge in [-0.25, -0.2) is 4.98 Å². The Morgan fingerprint density at radius 2 is 1.65 bits per heavy atom. The van der Waals surface area contributed by atoms with Crippen LogP contribution in [0.5, 0.6) is 11.5 Å². The maximum absolute atomic E-state index is 6.16. The predicted octanol–water partition coefficient (Wildman–Crippen LogP) is 6.92. The zero-order valence-corrected chi connectivity index (χ0v) is 18.9. The van der Waals surface area contributed by atoms with E-state index < -0.39 is 0 Å². The molecular formula is C26H27ClN2O2. The van der Waals surface area contributed by atoms with Gasteiger partial charge < -0.3 is 14.0 Å². The van der Waals surface area contributed by atoms with E-state index in [2.05, 4.69) is 42.7 Å². The van der Waals surface area contributed by atoms with Crippen molar-refractivity contribution in [3.8, 4) is 11.5 Å². The molecule has 0 aliphatic heterocycles. The van der Waals surface area contributed by atoms with Crippen LogP contribution in [0.3, 0.4) is 0 Å². The van der Waals surface area contributed by atoms with E-state index in [1.807, 2.05) is 49.4 Å². The third kappa shape index (κ3) is 4.86. The number of rotatable bonds is 8. The van der Waals surface area contributed by atoms with Crippen molar-refractivity contribution in [1.29, 1.82) is 0 Å². The Bertz CT molecular complexity index is 1150. The third-order valence-corrected chi connectivity index (χ3v) is 5.61. The van der Waals surface area contributed by atoms with Gasteiger partial charge in [-0.15, -0.1) is 0 Å². The number of hydrogen-bond donors (Lipinski definition) is 0. The average Bonchev–Trinajstić information content (AvgIpc) is 3.13. The highest BCUT2D eigenvalue weighted by Gasteiger charge is 2.18.